The Balaban J connectivity index is 2.51. The molecule has 3 N–H and O–H groups in total. The van der Waals surface area contributed by atoms with Gasteiger partial charge < -0.3 is 5.73 Å². The van der Waals surface area contributed by atoms with Crippen molar-refractivity contribution in [1.82, 2.24) is 0 Å². The fraction of sp³-hybridized carbons (Fsp3) is 0.143. The normalized spacial score (nSPS) is 11.4. The first-order valence-electron chi connectivity index (χ1n) is 6.05. The van der Waals surface area contributed by atoms with E-state index >= 15 is 0 Å². The van der Waals surface area contributed by atoms with Crippen molar-refractivity contribution in [1.29, 1.82) is 0 Å². The summed E-state index contributed by atoms with van der Waals surface area (Å²) in [5, 5.41) is 0.236. The second-order valence-corrected chi connectivity index (χ2v) is 6.77. The largest absolute Gasteiger partial charge is 0.399 e. The molecule has 7 heteroatoms. The summed E-state index contributed by atoms with van der Waals surface area (Å²) in [5.74, 6) is -0.700. The Kier molecular flexibility index (Phi) is 4.11. The molecule has 0 fully saturated rings. The van der Waals surface area contributed by atoms with Crippen molar-refractivity contribution < 1.29 is 12.8 Å². The molecule has 0 amide bonds. The van der Waals surface area contributed by atoms with Crippen LogP contribution in [0.1, 0.15) is 11.1 Å². The van der Waals surface area contributed by atoms with Gasteiger partial charge in [-0.2, -0.15) is 0 Å². The second kappa shape index (κ2) is 5.54. The van der Waals surface area contributed by atoms with Crippen LogP contribution in [0.4, 0.5) is 15.8 Å². The lowest BCUT2D eigenvalue weighted by molar-refractivity contribution is 0.597. The summed E-state index contributed by atoms with van der Waals surface area (Å²) in [7, 11) is -3.93. The maximum Gasteiger partial charge on any atom is 0.262 e. The van der Waals surface area contributed by atoms with Crippen LogP contribution in [0.3, 0.4) is 0 Å². The summed E-state index contributed by atoms with van der Waals surface area (Å²) in [4.78, 5) is 0.0797. The van der Waals surface area contributed by atoms with Gasteiger partial charge in [0.2, 0.25) is 0 Å². The SMILES string of the molecule is Cc1cc(N)cc(C)c1S(=O)(=O)Nc1cc(Cl)ccc1F. The molecular weight excluding hydrogens is 315 g/mol. The molecule has 0 saturated heterocycles. The number of nitrogens with one attached hydrogen (secondary N) is 1. The van der Waals surface area contributed by atoms with Crippen LogP contribution in [0.25, 0.3) is 0 Å². The van der Waals surface area contributed by atoms with Gasteiger partial charge in [-0.25, -0.2) is 12.8 Å². The Hall–Kier alpha value is -1.79. The molecule has 2 aromatic carbocycles. The smallest absolute Gasteiger partial charge is 0.262 e. The molecule has 21 heavy (non-hydrogen) atoms. The van der Waals surface area contributed by atoms with E-state index in [0.29, 0.717) is 16.8 Å². The number of sulfonamides is 1. The number of hydrogen-bond acceptors (Lipinski definition) is 3. The van der Waals surface area contributed by atoms with Crippen LogP contribution in [0.5, 0.6) is 0 Å². The minimum absolute atomic E-state index is 0.0797. The standard InChI is InChI=1S/C14H14ClFN2O2S/c1-8-5-11(17)6-9(2)14(8)21(19,20)18-13-7-10(15)3-4-12(13)16/h3-7,18H,17H2,1-2H3. The lowest BCUT2D eigenvalue weighted by Crippen LogP contribution is -2.16. The maximum absolute atomic E-state index is 13.7. The highest BCUT2D eigenvalue weighted by Crippen LogP contribution is 2.27. The van der Waals surface area contributed by atoms with Gasteiger partial charge in [-0.05, 0) is 55.3 Å². The average molecular weight is 329 g/mol. The lowest BCUT2D eigenvalue weighted by atomic mass is 10.1. The summed E-state index contributed by atoms with van der Waals surface area (Å²) in [6.07, 6.45) is 0. The van der Waals surface area contributed by atoms with E-state index in [-0.39, 0.29) is 15.6 Å². The predicted octanol–water partition coefficient (Wildman–Crippen LogP) is 3.48. The highest BCUT2D eigenvalue weighted by molar-refractivity contribution is 7.92. The molecule has 0 aliphatic carbocycles. The van der Waals surface area contributed by atoms with E-state index in [4.69, 9.17) is 17.3 Å². The van der Waals surface area contributed by atoms with Crippen molar-refractivity contribution >= 4 is 33.0 Å². The molecule has 0 aliphatic heterocycles. The Morgan fingerprint density at radius 2 is 1.71 bits per heavy atom. The summed E-state index contributed by atoms with van der Waals surface area (Å²) in [6.45, 7) is 3.26. The monoisotopic (exact) mass is 328 g/mol. The number of nitrogen functional groups attached to an aromatic ring is 1. The summed E-state index contributed by atoms with van der Waals surface area (Å²) < 4.78 is 40.8. The van der Waals surface area contributed by atoms with Crippen molar-refractivity contribution in [3.63, 3.8) is 0 Å². The topological polar surface area (TPSA) is 72.2 Å². The van der Waals surface area contributed by atoms with E-state index in [1.807, 2.05) is 0 Å². The van der Waals surface area contributed by atoms with E-state index in [1.54, 1.807) is 26.0 Å². The van der Waals surface area contributed by atoms with Crippen molar-refractivity contribution in [2.24, 2.45) is 0 Å². The van der Waals surface area contributed by atoms with Crippen LogP contribution in [-0.2, 0) is 10.0 Å². The van der Waals surface area contributed by atoms with Gasteiger partial charge in [-0.1, -0.05) is 11.6 Å². The summed E-state index contributed by atoms with van der Waals surface area (Å²) in [5.41, 5.74) is 6.93. The molecule has 2 rings (SSSR count). The first-order chi connectivity index (χ1) is 9.70. The number of halogens is 2. The maximum atomic E-state index is 13.7. The van der Waals surface area contributed by atoms with Gasteiger partial charge in [0.15, 0.2) is 0 Å². The molecule has 2 aromatic rings. The van der Waals surface area contributed by atoms with Crippen LogP contribution in [0, 0.1) is 19.7 Å². The van der Waals surface area contributed by atoms with Crippen LogP contribution >= 0.6 is 11.6 Å². The Morgan fingerprint density at radius 1 is 1.14 bits per heavy atom. The molecule has 0 spiro atoms. The predicted molar refractivity (Wildman–Crippen MR) is 82.5 cm³/mol. The van der Waals surface area contributed by atoms with Crippen molar-refractivity contribution in [2.75, 3.05) is 10.5 Å². The zero-order chi connectivity index (χ0) is 15.8. The number of hydrogen-bond donors (Lipinski definition) is 2. The van der Waals surface area contributed by atoms with Gasteiger partial charge in [-0.3, -0.25) is 4.72 Å². The highest BCUT2D eigenvalue weighted by atomic mass is 35.5. The van der Waals surface area contributed by atoms with Gasteiger partial charge in [0.05, 0.1) is 10.6 Å². The number of rotatable bonds is 3. The molecule has 0 radical (unpaired) electrons. The minimum atomic E-state index is -3.93. The Labute approximate surface area is 127 Å². The van der Waals surface area contributed by atoms with Gasteiger partial charge in [-0.15, -0.1) is 0 Å². The van der Waals surface area contributed by atoms with E-state index in [1.165, 1.54) is 12.1 Å². The third-order valence-electron chi connectivity index (χ3n) is 2.92. The lowest BCUT2D eigenvalue weighted by Gasteiger charge is -2.14. The van der Waals surface area contributed by atoms with Crippen LogP contribution in [0.2, 0.25) is 5.02 Å². The van der Waals surface area contributed by atoms with Crippen LogP contribution in [-0.4, -0.2) is 8.42 Å². The summed E-state index contributed by atoms with van der Waals surface area (Å²) >= 11 is 5.76. The number of aryl methyl sites for hydroxylation is 2. The van der Waals surface area contributed by atoms with E-state index in [0.717, 1.165) is 6.07 Å². The summed E-state index contributed by atoms with van der Waals surface area (Å²) in [6, 6.07) is 6.76. The average Bonchev–Trinajstić information content (AvgIpc) is 2.31. The first-order valence-corrected chi connectivity index (χ1v) is 7.91. The third kappa shape index (κ3) is 3.28. The zero-order valence-electron chi connectivity index (χ0n) is 11.4. The van der Waals surface area contributed by atoms with Gasteiger partial charge in [0.25, 0.3) is 10.0 Å². The van der Waals surface area contributed by atoms with Crippen molar-refractivity contribution in [2.45, 2.75) is 18.7 Å². The van der Waals surface area contributed by atoms with E-state index in [2.05, 4.69) is 4.72 Å². The first kappa shape index (κ1) is 15.6. The number of benzene rings is 2. The highest BCUT2D eigenvalue weighted by Gasteiger charge is 2.21. The number of anilines is 2. The van der Waals surface area contributed by atoms with E-state index < -0.39 is 15.8 Å². The zero-order valence-corrected chi connectivity index (χ0v) is 13.0. The van der Waals surface area contributed by atoms with Crippen LogP contribution in [0.15, 0.2) is 35.2 Å². The molecule has 0 saturated carbocycles. The van der Waals surface area contributed by atoms with Gasteiger partial charge in [0, 0.05) is 10.7 Å². The fourth-order valence-electron chi connectivity index (χ4n) is 2.18. The molecule has 0 aliphatic rings. The molecule has 4 nitrogen and oxygen atoms in total. The minimum Gasteiger partial charge on any atom is -0.399 e. The number of nitrogens with two attached hydrogens (primary N) is 1. The molecule has 112 valence electrons. The Bertz CT molecular complexity index is 784. The molecule has 0 aromatic heterocycles. The molecule has 0 atom stereocenters. The Morgan fingerprint density at radius 3 is 2.29 bits per heavy atom. The van der Waals surface area contributed by atoms with Crippen LogP contribution < -0.4 is 10.5 Å². The fourth-order valence-corrected chi connectivity index (χ4v) is 3.86. The molecule has 0 bridgehead atoms. The molecular formula is C14H14ClFN2O2S. The van der Waals surface area contributed by atoms with Gasteiger partial charge >= 0.3 is 0 Å². The second-order valence-electron chi connectivity index (χ2n) is 4.71. The van der Waals surface area contributed by atoms with Crippen molar-refractivity contribution in [3.05, 3.63) is 52.3 Å². The van der Waals surface area contributed by atoms with E-state index in [9.17, 15) is 12.8 Å². The molecule has 0 heterocycles. The van der Waals surface area contributed by atoms with Gasteiger partial charge in [0.1, 0.15) is 5.82 Å². The molecule has 0 unspecified atom stereocenters. The quantitative estimate of drug-likeness (QED) is 0.847. The van der Waals surface area contributed by atoms with Crippen molar-refractivity contribution in [3.8, 4) is 0 Å². The third-order valence-corrected chi connectivity index (χ3v) is 4.83.